The number of nitrogen functional groups attached to an aromatic ring is 1. The summed E-state index contributed by atoms with van der Waals surface area (Å²) in [6.07, 6.45) is 1.50. The smallest absolute Gasteiger partial charge is 0.194 e. The van der Waals surface area contributed by atoms with Crippen LogP contribution >= 0.6 is 0 Å². The molecular weight excluding hydrogens is 140 g/mol. The first kappa shape index (κ1) is 7.85. The number of nitrogens with two attached hydrogens (primary N) is 1. The summed E-state index contributed by atoms with van der Waals surface area (Å²) >= 11 is 0. The normalized spacial score (nSPS) is 10.1. The fourth-order valence-electron chi connectivity index (χ4n) is 0.998. The van der Waals surface area contributed by atoms with E-state index in [1.165, 1.54) is 6.20 Å². The standard InChI is InChI=1S/C8H12N2O/c1-5-4-10(11)7(3)6(2)8(5)9/h4H,9H2,1-3H3. The van der Waals surface area contributed by atoms with Crippen LogP contribution in [-0.4, -0.2) is 0 Å². The molecule has 3 nitrogen and oxygen atoms in total. The summed E-state index contributed by atoms with van der Waals surface area (Å²) in [5.41, 5.74) is 8.80. The number of nitrogens with zero attached hydrogens (tertiary/aromatic N) is 1. The van der Waals surface area contributed by atoms with Crippen LogP contribution in [0.5, 0.6) is 0 Å². The zero-order chi connectivity index (χ0) is 8.59. The highest BCUT2D eigenvalue weighted by Gasteiger charge is 2.09. The molecule has 0 spiro atoms. The Balaban J connectivity index is 3.46. The molecule has 1 heterocycles. The number of aryl methyl sites for hydroxylation is 1. The van der Waals surface area contributed by atoms with Gasteiger partial charge in [-0.2, -0.15) is 4.73 Å². The summed E-state index contributed by atoms with van der Waals surface area (Å²) in [6, 6.07) is 0. The Morgan fingerprint density at radius 2 is 1.91 bits per heavy atom. The average molecular weight is 152 g/mol. The highest BCUT2D eigenvalue weighted by Crippen LogP contribution is 2.15. The Hall–Kier alpha value is -1.25. The molecule has 0 aliphatic heterocycles. The summed E-state index contributed by atoms with van der Waals surface area (Å²) in [5, 5.41) is 11.1. The summed E-state index contributed by atoms with van der Waals surface area (Å²) in [5.74, 6) is 0. The molecule has 0 bridgehead atoms. The second kappa shape index (κ2) is 2.42. The van der Waals surface area contributed by atoms with Crippen molar-refractivity contribution in [2.45, 2.75) is 20.8 Å². The van der Waals surface area contributed by atoms with Crippen molar-refractivity contribution in [1.82, 2.24) is 0 Å². The summed E-state index contributed by atoms with van der Waals surface area (Å²) < 4.78 is 0.848. The van der Waals surface area contributed by atoms with Crippen LogP contribution in [0.25, 0.3) is 0 Å². The molecule has 0 amide bonds. The summed E-state index contributed by atoms with van der Waals surface area (Å²) in [7, 11) is 0. The SMILES string of the molecule is Cc1c[n+]([O-])c(C)c(C)c1N. The van der Waals surface area contributed by atoms with E-state index in [9.17, 15) is 5.21 Å². The predicted octanol–water partition coefficient (Wildman–Crippen LogP) is 0.827. The molecule has 0 aromatic carbocycles. The molecule has 0 aliphatic rings. The van der Waals surface area contributed by atoms with Gasteiger partial charge < -0.3 is 10.9 Å². The first-order valence-electron chi connectivity index (χ1n) is 3.49. The molecule has 11 heavy (non-hydrogen) atoms. The summed E-state index contributed by atoms with van der Waals surface area (Å²) in [4.78, 5) is 0. The Labute approximate surface area is 66.0 Å². The lowest BCUT2D eigenvalue weighted by atomic mass is 10.1. The second-order valence-corrected chi connectivity index (χ2v) is 2.76. The van der Waals surface area contributed by atoms with Crippen LogP contribution in [0, 0.1) is 26.0 Å². The number of hydrogen-bond acceptors (Lipinski definition) is 2. The number of anilines is 1. The fraction of sp³-hybridized carbons (Fsp3) is 0.375. The third-order valence-electron chi connectivity index (χ3n) is 2.01. The van der Waals surface area contributed by atoms with E-state index in [1.807, 2.05) is 13.8 Å². The van der Waals surface area contributed by atoms with Gasteiger partial charge in [0.25, 0.3) is 0 Å². The van der Waals surface area contributed by atoms with Gasteiger partial charge in [-0.25, -0.2) is 0 Å². The minimum atomic E-state index is 0.674. The lowest BCUT2D eigenvalue weighted by molar-refractivity contribution is -0.612. The van der Waals surface area contributed by atoms with Gasteiger partial charge in [0, 0.05) is 23.7 Å². The van der Waals surface area contributed by atoms with E-state index in [1.54, 1.807) is 6.92 Å². The molecule has 1 rings (SSSR count). The highest BCUT2D eigenvalue weighted by molar-refractivity contribution is 5.51. The molecule has 0 saturated heterocycles. The topological polar surface area (TPSA) is 53.0 Å². The van der Waals surface area contributed by atoms with Gasteiger partial charge in [-0.15, -0.1) is 0 Å². The van der Waals surface area contributed by atoms with E-state index in [2.05, 4.69) is 0 Å². The molecule has 1 aromatic rings. The maximum absolute atomic E-state index is 11.1. The largest absolute Gasteiger partial charge is 0.618 e. The predicted molar refractivity (Wildman–Crippen MR) is 44.0 cm³/mol. The van der Waals surface area contributed by atoms with Gasteiger partial charge in [-0.3, -0.25) is 0 Å². The van der Waals surface area contributed by atoms with E-state index in [0.717, 1.165) is 21.5 Å². The van der Waals surface area contributed by atoms with Crippen LogP contribution in [-0.2, 0) is 0 Å². The minimum Gasteiger partial charge on any atom is -0.618 e. The van der Waals surface area contributed by atoms with Gasteiger partial charge >= 0.3 is 0 Å². The van der Waals surface area contributed by atoms with Gasteiger partial charge in [-0.05, 0) is 13.8 Å². The Morgan fingerprint density at radius 1 is 1.36 bits per heavy atom. The maximum Gasteiger partial charge on any atom is 0.194 e. The molecule has 0 aliphatic carbocycles. The van der Waals surface area contributed by atoms with Crippen molar-refractivity contribution in [1.29, 1.82) is 0 Å². The third kappa shape index (κ3) is 1.13. The molecule has 0 fully saturated rings. The number of rotatable bonds is 0. The molecule has 60 valence electrons. The van der Waals surface area contributed by atoms with Crippen LogP contribution in [0.15, 0.2) is 6.20 Å². The first-order valence-corrected chi connectivity index (χ1v) is 3.49. The van der Waals surface area contributed by atoms with Crippen LogP contribution < -0.4 is 10.5 Å². The van der Waals surface area contributed by atoms with Gasteiger partial charge in [0.05, 0.1) is 0 Å². The van der Waals surface area contributed by atoms with E-state index >= 15 is 0 Å². The number of aromatic nitrogens is 1. The van der Waals surface area contributed by atoms with E-state index in [0.29, 0.717) is 5.69 Å². The number of pyridine rings is 1. The fourth-order valence-corrected chi connectivity index (χ4v) is 0.998. The molecule has 1 aromatic heterocycles. The van der Waals surface area contributed by atoms with Crippen LogP contribution in [0.1, 0.15) is 16.8 Å². The number of hydrogen-bond donors (Lipinski definition) is 1. The van der Waals surface area contributed by atoms with Crippen molar-refractivity contribution in [2.24, 2.45) is 0 Å². The maximum atomic E-state index is 11.1. The Kier molecular flexibility index (Phi) is 1.72. The van der Waals surface area contributed by atoms with E-state index < -0.39 is 0 Å². The zero-order valence-electron chi connectivity index (χ0n) is 7.01. The van der Waals surface area contributed by atoms with Crippen LogP contribution in [0.2, 0.25) is 0 Å². The second-order valence-electron chi connectivity index (χ2n) is 2.76. The van der Waals surface area contributed by atoms with Crippen molar-refractivity contribution >= 4 is 5.69 Å². The van der Waals surface area contributed by atoms with Gasteiger partial charge in [-0.1, -0.05) is 0 Å². The third-order valence-corrected chi connectivity index (χ3v) is 2.01. The quantitative estimate of drug-likeness (QED) is 0.442. The Bertz CT molecular complexity index is 268. The lowest BCUT2D eigenvalue weighted by Gasteiger charge is -2.07. The molecule has 2 N–H and O–H groups in total. The zero-order valence-corrected chi connectivity index (χ0v) is 7.01. The Morgan fingerprint density at radius 3 is 2.45 bits per heavy atom. The molecule has 0 radical (unpaired) electrons. The van der Waals surface area contributed by atoms with Crippen molar-refractivity contribution in [3.05, 3.63) is 28.2 Å². The monoisotopic (exact) mass is 152 g/mol. The van der Waals surface area contributed by atoms with E-state index in [4.69, 9.17) is 5.73 Å². The highest BCUT2D eigenvalue weighted by atomic mass is 16.5. The first-order chi connectivity index (χ1) is 5.04. The molecule has 0 saturated carbocycles. The van der Waals surface area contributed by atoms with Crippen molar-refractivity contribution < 1.29 is 4.73 Å². The van der Waals surface area contributed by atoms with Gasteiger partial charge in [0.15, 0.2) is 11.9 Å². The molecule has 0 unspecified atom stereocenters. The van der Waals surface area contributed by atoms with Crippen LogP contribution in [0.4, 0.5) is 5.69 Å². The molecular formula is C8H12N2O. The van der Waals surface area contributed by atoms with E-state index in [-0.39, 0.29) is 0 Å². The summed E-state index contributed by atoms with van der Waals surface area (Å²) in [6.45, 7) is 5.44. The minimum absolute atomic E-state index is 0.674. The molecule has 0 atom stereocenters. The van der Waals surface area contributed by atoms with Gasteiger partial charge in [0.1, 0.15) is 0 Å². The lowest BCUT2D eigenvalue weighted by Crippen LogP contribution is -2.31. The van der Waals surface area contributed by atoms with Crippen molar-refractivity contribution in [3.8, 4) is 0 Å². The van der Waals surface area contributed by atoms with Crippen LogP contribution in [0.3, 0.4) is 0 Å². The van der Waals surface area contributed by atoms with Crippen molar-refractivity contribution in [3.63, 3.8) is 0 Å². The average Bonchev–Trinajstić information content (AvgIpc) is 1.97. The van der Waals surface area contributed by atoms with Gasteiger partial charge in [0.2, 0.25) is 0 Å². The molecule has 3 heteroatoms. The van der Waals surface area contributed by atoms with Crippen molar-refractivity contribution in [2.75, 3.05) is 5.73 Å².